The number of aryl methyl sites for hydroxylation is 2. The van der Waals surface area contributed by atoms with Crippen LogP contribution in [0.1, 0.15) is 21.7 Å². The lowest BCUT2D eigenvalue weighted by Gasteiger charge is -2.07. The van der Waals surface area contributed by atoms with E-state index in [1.54, 1.807) is 19.9 Å². The highest BCUT2D eigenvalue weighted by Crippen LogP contribution is 2.22. The highest BCUT2D eigenvalue weighted by atomic mass is 16.6. The number of benzene rings is 1. The molecule has 0 fully saturated rings. The Labute approximate surface area is 108 Å². The van der Waals surface area contributed by atoms with E-state index in [1.165, 1.54) is 22.9 Å². The summed E-state index contributed by atoms with van der Waals surface area (Å²) in [6, 6.07) is 5.80. The van der Waals surface area contributed by atoms with E-state index in [9.17, 15) is 14.9 Å². The standard InChI is InChI=1S/C12H11N3O4/c1-7-3-4-9(15(18)19)6-11(7)14-8(2)5-10(13-14)12(16)17/h3-6H,1-2H3,(H,16,17). The van der Waals surface area contributed by atoms with E-state index in [-0.39, 0.29) is 11.4 Å². The Balaban J connectivity index is 2.61. The van der Waals surface area contributed by atoms with Gasteiger partial charge >= 0.3 is 5.97 Å². The number of nitrogens with zero attached hydrogens (tertiary/aromatic N) is 3. The molecule has 1 N–H and O–H groups in total. The lowest BCUT2D eigenvalue weighted by atomic mass is 10.2. The predicted molar refractivity (Wildman–Crippen MR) is 66.7 cm³/mol. The van der Waals surface area contributed by atoms with Crippen molar-refractivity contribution in [3.8, 4) is 5.69 Å². The second-order valence-electron chi connectivity index (χ2n) is 4.12. The van der Waals surface area contributed by atoms with Crippen LogP contribution in [0.25, 0.3) is 5.69 Å². The fourth-order valence-corrected chi connectivity index (χ4v) is 1.76. The monoisotopic (exact) mass is 261 g/mol. The number of nitro benzene ring substituents is 1. The summed E-state index contributed by atoms with van der Waals surface area (Å²) in [5, 5.41) is 23.6. The number of aromatic nitrogens is 2. The van der Waals surface area contributed by atoms with Crippen molar-refractivity contribution in [3.63, 3.8) is 0 Å². The first kappa shape index (κ1) is 12.7. The summed E-state index contributed by atoms with van der Waals surface area (Å²) in [6.07, 6.45) is 0. The van der Waals surface area contributed by atoms with Crippen LogP contribution in [0.5, 0.6) is 0 Å². The Kier molecular flexibility index (Phi) is 3.04. The third-order valence-corrected chi connectivity index (χ3v) is 2.74. The molecule has 0 bridgehead atoms. The van der Waals surface area contributed by atoms with Crippen molar-refractivity contribution in [2.75, 3.05) is 0 Å². The predicted octanol–water partition coefficient (Wildman–Crippen LogP) is 2.10. The summed E-state index contributed by atoms with van der Waals surface area (Å²) >= 11 is 0. The van der Waals surface area contributed by atoms with Crippen molar-refractivity contribution in [1.82, 2.24) is 9.78 Å². The molecule has 0 aliphatic carbocycles. The van der Waals surface area contributed by atoms with Gasteiger partial charge in [0.25, 0.3) is 5.69 Å². The van der Waals surface area contributed by atoms with E-state index in [4.69, 9.17) is 5.11 Å². The highest BCUT2D eigenvalue weighted by molar-refractivity contribution is 5.85. The maximum atomic E-state index is 10.9. The molecule has 0 aliphatic heterocycles. The van der Waals surface area contributed by atoms with Gasteiger partial charge in [0.2, 0.25) is 0 Å². The van der Waals surface area contributed by atoms with Gasteiger partial charge < -0.3 is 5.11 Å². The van der Waals surface area contributed by atoms with Crippen molar-refractivity contribution in [3.05, 3.63) is 51.3 Å². The average molecular weight is 261 g/mol. The zero-order valence-corrected chi connectivity index (χ0v) is 10.3. The van der Waals surface area contributed by atoms with Gasteiger partial charge in [0, 0.05) is 17.8 Å². The Morgan fingerprint density at radius 3 is 2.58 bits per heavy atom. The van der Waals surface area contributed by atoms with Crippen LogP contribution in [0.2, 0.25) is 0 Å². The third kappa shape index (κ3) is 2.30. The molecule has 0 amide bonds. The number of rotatable bonds is 3. The van der Waals surface area contributed by atoms with Crippen molar-refractivity contribution in [1.29, 1.82) is 0 Å². The van der Waals surface area contributed by atoms with Crippen molar-refractivity contribution >= 4 is 11.7 Å². The first-order chi connectivity index (χ1) is 8.90. The number of aromatic carboxylic acids is 1. The highest BCUT2D eigenvalue weighted by Gasteiger charge is 2.15. The maximum Gasteiger partial charge on any atom is 0.356 e. The molecule has 1 aromatic heterocycles. The summed E-state index contributed by atoms with van der Waals surface area (Å²) in [7, 11) is 0. The third-order valence-electron chi connectivity index (χ3n) is 2.74. The molecular formula is C12H11N3O4. The van der Waals surface area contributed by atoms with Gasteiger partial charge in [0.1, 0.15) is 0 Å². The average Bonchev–Trinajstić information content (AvgIpc) is 2.72. The molecule has 0 atom stereocenters. The van der Waals surface area contributed by atoms with Crippen LogP contribution in [0, 0.1) is 24.0 Å². The minimum absolute atomic E-state index is 0.0626. The van der Waals surface area contributed by atoms with Gasteiger partial charge in [-0.1, -0.05) is 6.07 Å². The van der Waals surface area contributed by atoms with Crippen LogP contribution in [0.3, 0.4) is 0 Å². The molecule has 0 saturated carbocycles. The van der Waals surface area contributed by atoms with Gasteiger partial charge in [-0.25, -0.2) is 9.48 Å². The van der Waals surface area contributed by atoms with Crippen molar-refractivity contribution < 1.29 is 14.8 Å². The molecular weight excluding hydrogens is 250 g/mol. The van der Waals surface area contributed by atoms with Gasteiger partial charge in [0.15, 0.2) is 5.69 Å². The Morgan fingerprint density at radius 2 is 2.05 bits per heavy atom. The number of hydrogen-bond donors (Lipinski definition) is 1. The van der Waals surface area contributed by atoms with E-state index >= 15 is 0 Å². The molecule has 1 heterocycles. The summed E-state index contributed by atoms with van der Waals surface area (Å²) in [5.74, 6) is -1.13. The van der Waals surface area contributed by atoms with Gasteiger partial charge in [-0.3, -0.25) is 10.1 Å². The number of carbonyl (C=O) groups is 1. The number of carboxylic acids is 1. The fraction of sp³-hybridized carbons (Fsp3) is 0.167. The largest absolute Gasteiger partial charge is 0.476 e. The van der Waals surface area contributed by atoms with E-state index in [0.717, 1.165) is 5.56 Å². The zero-order chi connectivity index (χ0) is 14.2. The molecule has 7 nitrogen and oxygen atoms in total. The van der Waals surface area contributed by atoms with Crippen LogP contribution in [-0.2, 0) is 0 Å². The molecule has 0 aliphatic rings. The Morgan fingerprint density at radius 1 is 1.37 bits per heavy atom. The van der Waals surface area contributed by atoms with Crippen molar-refractivity contribution in [2.45, 2.75) is 13.8 Å². The normalized spacial score (nSPS) is 10.4. The SMILES string of the molecule is Cc1ccc([N+](=O)[O-])cc1-n1nc(C(=O)O)cc1C. The molecule has 0 radical (unpaired) electrons. The lowest BCUT2D eigenvalue weighted by molar-refractivity contribution is -0.384. The summed E-state index contributed by atoms with van der Waals surface area (Å²) in [4.78, 5) is 21.1. The molecule has 0 saturated heterocycles. The zero-order valence-electron chi connectivity index (χ0n) is 10.3. The molecule has 2 rings (SSSR count). The molecule has 7 heteroatoms. The second-order valence-corrected chi connectivity index (χ2v) is 4.12. The van der Waals surface area contributed by atoms with Gasteiger partial charge in [0.05, 0.1) is 10.6 Å². The number of hydrogen-bond acceptors (Lipinski definition) is 4. The number of nitro groups is 1. The lowest BCUT2D eigenvalue weighted by Crippen LogP contribution is -2.04. The smallest absolute Gasteiger partial charge is 0.356 e. The molecule has 0 unspecified atom stereocenters. The minimum atomic E-state index is -1.13. The summed E-state index contributed by atoms with van der Waals surface area (Å²) in [6.45, 7) is 3.47. The van der Waals surface area contributed by atoms with Crippen LogP contribution in [0.15, 0.2) is 24.3 Å². The van der Waals surface area contributed by atoms with E-state index in [1.807, 2.05) is 0 Å². The van der Waals surface area contributed by atoms with Crippen molar-refractivity contribution in [2.24, 2.45) is 0 Å². The van der Waals surface area contributed by atoms with Gasteiger partial charge in [-0.2, -0.15) is 5.10 Å². The molecule has 0 spiro atoms. The molecule has 19 heavy (non-hydrogen) atoms. The summed E-state index contributed by atoms with van der Waals surface area (Å²) in [5.41, 5.74) is 1.71. The first-order valence-corrected chi connectivity index (χ1v) is 5.45. The molecule has 98 valence electrons. The second kappa shape index (κ2) is 4.52. The maximum absolute atomic E-state index is 10.9. The number of carboxylic acid groups (broad SMARTS) is 1. The Hall–Kier alpha value is -2.70. The van der Waals surface area contributed by atoms with Crippen LogP contribution in [-0.4, -0.2) is 25.8 Å². The van der Waals surface area contributed by atoms with Crippen LogP contribution in [0.4, 0.5) is 5.69 Å². The first-order valence-electron chi connectivity index (χ1n) is 5.45. The topological polar surface area (TPSA) is 98.3 Å². The molecule has 1 aromatic carbocycles. The van der Waals surface area contributed by atoms with Crippen LogP contribution < -0.4 is 0 Å². The Bertz CT molecular complexity index is 676. The van der Waals surface area contributed by atoms with E-state index < -0.39 is 10.9 Å². The molecule has 2 aromatic rings. The summed E-state index contributed by atoms with van der Waals surface area (Å²) < 4.78 is 1.39. The fourth-order valence-electron chi connectivity index (χ4n) is 1.76. The van der Waals surface area contributed by atoms with Crippen LogP contribution >= 0.6 is 0 Å². The number of non-ortho nitro benzene ring substituents is 1. The van der Waals surface area contributed by atoms with E-state index in [0.29, 0.717) is 11.4 Å². The van der Waals surface area contributed by atoms with E-state index in [2.05, 4.69) is 5.10 Å². The van der Waals surface area contributed by atoms with Gasteiger partial charge in [-0.15, -0.1) is 0 Å². The quantitative estimate of drug-likeness (QED) is 0.673. The van der Waals surface area contributed by atoms with Gasteiger partial charge in [-0.05, 0) is 25.5 Å². The minimum Gasteiger partial charge on any atom is -0.476 e.